The number of hydrogen-bond donors (Lipinski definition) is 1. The lowest BCUT2D eigenvalue weighted by Gasteiger charge is -2.27. The van der Waals surface area contributed by atoms with Crippen molar-refractivity contribution in [3.05, 3.63) is 53.7 Å². The second-order valence-electron chi connectivity index (χ2n) is 5.85. The van der Waals surface area contributed by atoms with E-state index in [1.54, 1.807) is 12.3 Å². The van der Waals surface area contributed by atoms with Crippen LogP contribution in [-0.2, 0) is 20.5 Å². The van der Waals surface area contributed by atoms with Crippen LogP contribution in [0.5, 0.6) is 0 Å². The lowest BCUT2D eigenvalue weighted by molar-refractivity contribution is 0.122. The van der Waals surface area contributed by atoms with Gasteiger partial charge in [-0.05, 0) is 24.6 Å². The predicted molar refractivity (Wildman–Crippen MR) is 94.7 cm³/mol. The van der Waals surface area contributed by atoms with Crippen molar-refractivity contribution in [2.24, 2.45) is 0 Å². The molecule has 0 spiro atoms. The van der Waals surface area contributed by atoms with E-state index in [4.69, 9.17) is 4.74 Å². The molecule has 2 heterocycles. The molecule has 0 radical (unpaired) electrons. The van der Waals surface area contributed by atoms with Crippen LogP contribution in [0.2, 0.25) is 0 Å². The Bertz CT molecular complexity index is 785. The fourth-order valence-corrected chi connectivity index (χ4v) is 3.83. The van der Waals surface area contributed by atoms with Crippen LogP contribution in [0.3, 0.4) is 0 Å². The Morgan fingerprint density at radius 3 is 2.67 bits per heavy atom. The molecule has 1 N–H and O–H groups in total. The molecule has 0 bridgehead atoms. The van der Waals surface area contributed by atoms with E-state index in [1.807, 2.05) is 37.3 Å². The quantitative estimate of drug-likeness (QED) is 0.897. The molecule has 0 amide bonds. The van der Waals surface area contributed by atoms with Gasteiger partial charge in [-0.3, -0.25) is 4.72 Å². The molecule has 0 aliphatic carbocycles. The van der Waals surface area contributed by atoms with E-state index in [2.05, 4.69) is 14.6 Å². The first-order valence-electron chi connectivity index (χ1n) is 7.87. The summed E-state index contributed by atoms with van der Waals surface area (Å²) in [5.41, 5.74) is 2.28. The third kappa shape index (κ3) is 4.46. The molecule has 2 aromatic rings. The average molecular weight is 347 g/mol. The maximum Gasteiger partial charge on any atom is 0.236 e. The minimum atomic E-state index is -3.47. The minimum absolute atomic E-state index is 0.0557. The number of aromatic nitrogens is 1. The first-order chi connectivity index (χ1) is 11.5. The predicted octanol–water partition coefficient (Wildman–Crippen LogP) is 2.17. The van der Waals surface area contributed by atoms with E-state index in [1.165, 1.54) is 0 Å². The molecule has 1 aromatic carbocycles. The third-order valence-electron chi connectivity index (χ3n) is 3.80. The molecule has 0 saturated carbocycles. The number of ether oxygens (including phenoxy) is 1. The molecule has 1 aliphatic heterocycles. The van der Waals surface area contributed by atoms with Crippen molar-refractivity contribution in [3.63, 3.8) is 0 Å². The van der Waals surface area contributed by atoms with Crippen LogP contribution in [0, 0.1) is 6.92 Å². The van der Waals surface area contributed by atoms with Gasteiger partial charge in [0, 0.05) is 13.1 Å². The number of morpholine rings is 1. The van der Waals surface area contributed by atoms with Gasteiger partial charge in [0.1, 0.15) is 5.82 Å². The number of benzene rings is 1. The monoisotopic (exact) mass is 347 g/mol. The zero-order chi connectivity index (χ0) is 17.0. The van der Waals surface area contributed by atoms with Crippen molar-refractivity contribution < 1.29 is 13.2 Å². The highest BCUT2D eigenvalue weighted by Crippen LogP contribution is 2.17. The van der Waals surface area contributed by atoms with Gasteiger partial charge >= 0.3 is 0 Å². The van der Waals surface area contributed by atoms with E-state index >= 15 is 0 Å². The van der Waals surface area contributed by atoms with Crippen molar-refractivity contribution in [1.82, 2.24) is 4.98 Å². The number of nitrogens with one attached hydrogen (secondary N) is 1. The fraction of sp³-hybridized carbons (Fsp3) is 0.353. The van der Waals surface area contributed by atoms with Crippen molar-refractivity contribution in [2.45, 2.75) is 12.7 Å². The highest BCUT2D eigenvalue weighted by Gasteiger charge is 2.14. The van der Waals surface area contributed by atoms with Crippen molar-refractivity contribution >= 4 is 21.5 Å². The molecule has 1 saturated heterocycles. The van der Waals surface area contributed by atoms with E-state index < -0.39 is 10.0 Å². The van der Waals surface area contributed by atoms with Crippen LogP contribution in [-0.4, -0.2) is 39.7 Å². The minimum Gasteiger partial charge on any atom is -0.378 e. The van der Waals surface area contributed by atoms with Crippen molar-refractivity contribution in [2.75, 3.05) is 35.9 Å². The SMILES string of the molecule is Cc1cccc(CS(=O)(=O)Nc2ccc(N3CCOCC3)nc2)c1. The number of anilines is 2. The summed E-state index contributed by atoms with van der Waals surface area (Å²) in [5, 5.41) is 0. The Balaban J connectivity index is 1.66. The summed E-state index contributed by atoms with van der Waals surface area (Å²) in [7, 11) is -3.47. The Kier molecular flexibility index (Phi) is 5.01. The van der Waals surface area contributed by atoms with Gasteiger partial charge in [-0.25, -0.2) is 13.4 Å². The molecule has 128 valence electrons. The molecule has 1 aliphatic rings. The number of pyridine rings is 1. The van der Waals surface area contributed by atoms with Crippen molar-refractivity contribution in [3.8, 4) is 0 Å². The molecule has 6 nitrogen and oxygen atoms in total. The normalized spacial score (nSPS) is 15.3. The van der Waals surface area contributed by atoms with Crippen molar-refractivity contribution in [1.29, 1.82) is 0 Å². The molecular formula is C17H21N3O3S. The molecule has 1 aromatic heterocycles. The first-order valence-corrected chi connectivity index (χ1v) is 9.52. The first kappa shape index (κ1) is 16.7. The topological polar surface area (TPSA) is 71.5 Å². The van der Waals surface area contributed by atoms with E-state index in [9.17, 15) is 8.42 Å². The lowest BCUT2D eigenvalue weighted by atomic mass is 10.2. The summed E-state index contributed by atoms with van der Waals surface area (Å²) < 4.78 is 32.5. The summed E-state index contributed by atoms with van der Waals surface area (Å²) in [6.45, 7) is 4.91. The maximum atomic E-state index is 12.3. The molecule has 0 unspecified atom stereocenters. The highest BCUT2D eigenvalue weighted by atomic mass is 32.2. The van der Waals surface area contributed by atoms with Crippen LogP contribution < -0.4 is 9.62 Å². The summed E-state index contributed by atoms with van der Waals surface area (Å²) in [4.78, 5) is 6.47. The summed E-state index contributed by atoms with van der Waals surface area (Å²) in [5.74, 6) is 0.778. The molecule has 1 fully saturated rings. The Morgan fingerprint density at radius 2 is 2.00 bits per heavy atom. The van der Waals surface area contributed by atoms with E-state index in [0.29, 0.717) is 18.9 Å². The standard InChI is InChI=1S/C17H21N3O3S/c1-14-3-2-4-15(11-14)13-24(21,22)19-16-5-6-17(18-12-16)20-7-9-23-10-8-20/h2-6,11-12,19H,7-10,13H2,1H3. The van der Waals surface area contributed by atoms with Crippen LogP contribution >= 0.6 is 0 Å². The van der Waals surface area contributed by atoms with Crippen LogP contribution in [0.15, 0.2) is 42.6 Å². The van der Waals surface area contributed by atoms with Gasteiger partial charge in [0.05, 0.1) is 30.9 Å². The van der Waals surface area contributed by atoms with Gasteiger partial charge in [-0.1, -0.05) is 29.8 Å². The molecule has 3 rings (SSSR count). The second-order valence-corrected chi connectivity index (χ2v) is 7.58. The average Bonchev–Trinajstić information content (AvgIpc) is 2.55. The number of rotatable bonds is 5. The number of aryl methyl sites for hydroxylation is 1. The van der Waals surface area contributed by atoms with Gasteiger partial charge in [-0.2, -0.15) is 0 Å². The Hall–Kier alpha value is -2.12. The second kappa shape index (κ2) is 7.19. The highest BCUT2D eigenvalue weighted by molar-refractivity contribution is 7.91. The summed E-state index contributed by atoms with van der Waals surface area (Å²) >= 11 is 0. The van der Waals surface area contributed by atoms with E-state index in [0.717, 1.165) is 30.0 Å². The summed E-state index contributed by atoms with van der Waals surface area (Å²) in [6.07, 6.45) is 1.55. The number of hydrogen-bond acceptors (Lipinski definition) is 5. The zero-order valence-electron chi connectivity index (χ0n) is 13.6. The molecule has 0 atom stereocenters. The van der Waals surface area contributed by atoms with Gasteiger partial charge in [0.2, 0.25) is 10.0 Å². The zero-order valence-corrected chi connectivity index (χ0v) is 14.4. The van der Waals surface area contributed by atoms with Crippen LogP contribution in [0.1, 0.15) is 11.1 Å². The third-order valence-corrected chi connectivity index (χ3v) is 5.06. The molecule has 7 heteroatoms. The van der Waals surface area contributed by atoms with E-state index in [-0.39, 0.29) is 5.75 Å². The van der Waals surface area contributed by atoms with Gasteiger partial charge in [0.15, 0.2) is 0 Å². The lowest BCUT2D eigenvalue weighted by Crippen LogP contribution is -2.36. The van der Waals surface area contributed by atoms with Crippen LogP contribution in [0.4, 0.5) is 11.5 Å². The van der Waals surface area contributed by atoms with Gasteiger partial charge in [-0.15, -0.1) is 0 Å². The Labute approximate surface area is 142 Å². The fourth-order valence-electron chi connectivity index (χ4n) is 2.66. The number of nitrogens with zero attached hydrogens (tertiary/aromatic N) is 2. The van der Waals surface area contributed by atoms with Crippen LogP contribution in [0.25, 0.3) is 0 Å². The molecular weight excluding hydrogens is 326 g/mol. The summed E-state index contributed by atoms with van der Waals surface area (Å²) in [6, 6.07) is 11.1. The van der Waals surface area contributed by atoms with Gasteiger partial charge < -0.3 is 9.64 Å². The van der Waals surface area contributed by atoms with Gasteiger partial charge in [0.25, 0.3) is 0 Å². The smallest absolute Gasteiger partial charge is 0.236 e. The Morgan fingerprint density at radius 1 is 1.21 bits per heavy atom. The number of sulfonamides is 1. The maximum absolute atomic E-state index is 12.3. The molecule has 24 heavy (non-hydrogen) atoms. The largest absolute Gasteiger partial charge is 0.378 e.